The molecule has 2 aromatic rings. The zero-order valence-electron chi connectivity index (χ0n) is 14.6. The van der Waals surface area contributed by atoms with Crippen molar-refractivity contribution in [1.29, 1.82) is 0 Å². The predicted molar refractivity (Wildman–Crippen MR) is 92.7 cm³/mol. The normalized spacial score (nSPS) is 10.2. The Kier molecular flexibility index (Phi) is 7.95. The third kappa shape index (κ3) is 7.04. The van der Waals surface area contributed by atoms with Crippen LogP contribution in [0.3, 0.4) is 0 Å². The second kappa shape index (κ2) is 9.72. The lowest BCUT2D eigenvalue weighted by Crippen LogP contribution is -2.06. The van der Waals surface area contributed by atoms with Crippen LogP contribution in [0.4, 0.5) is 0 Å². The van der Waals surface area contributed by atoms with E-state index in [0.717, 1.165) is 12.0 Å². The van der Waals surface area contributed by atoms with E-state index < -0.39 is 0 Å². The summed E-state index contributed by atoms with van der Waals surface area (Å²) in [7, 11) is 1.64. The van der Waals surface area contributed by atoms with Crippen molar-refractivity contribution >= 4 is 5.78 Å². The van der Waals surface area contributed by atoms with Gasteiger partial charge in [-0.15, -0.1) is 0 Å². The Morgan fingerprint density at radius 2 is 1.74 bits per heavy atom. The summed E-state index contributed by atoms with van der Waals surface area (Å²) in [6.45, 7) is 8.19. The Balaban J connectivity index is 0.000000231. The van der Waals surface area contributed by atoms with Crippen LogP contribution in [0.2, 0.25) is 0 Å². The number of aromatic nitrogens is 2. The molecule has 2 rings (SSSR count). The molecular formula is C19H26N2O2. The number of Topliss-reactive ketones (excluding diaryl/α,β-unsaturated/α-hetero) is 1. The van der Waals surface area contributed by atoms with E-state index in [2.05, 4.69) is 23.8 Å². The van der Waals surface area contributed by atoms with Crippen LogP contribution in [-0.2, 0) is 6.42 Å². The van der Waals surface area contributed by atoms with Crippen molar-refractivity contribution in [2.75, 3.05) is 7.11 Å². The highest BCUT2D eigenvalue weighted by atomic mass is 16.5. The molecule has 0 amide bonds. The van der Waals surface area contributed by atoms with Crippen molar-refractivity contribution in [1.82, 2.24) is 9.97 Å². The van der Waals surface area contributed by atoms with Gasteiger partial charge in [0.25, 0.3) is 0 Å². The number of methoxy groups -OCH3 is 1. The van der Waals surface area contributed by atoms with Crippen molar-refractivity contribution in [2.24, 2.45) is 11.8 Å². The molecule has 0 N–H and O–H groups in total. The number of rotatable bonds is 5. The van der Waals surface area contributed by atoms with E-state index in [9.17, 15) is 4.79 Å². The van der Waals surface area contributed by atoms with Crippen molar-refractivity contribution in [3.05, 3.63) is 54.0 Å². The molecule has 0 unspecified atom stereocenters. The van der Waals surface area contributed by atoms with Crippen LogP contribution >= 0.6 is 0 Å². The molecule has 0 radical (unpaired) electrons. The second-order valence-corrected chi connectivity index (χ2v) is 6.06. The van der Waals surface area contributed by atoms with Gasteiger partial charge in [-0.05, 0) is 36.1 Å². The Morgan fingerprint density at radius 1 is 1.09 bits per heavy atom. The minimum atomic E-state index is 0.0670. The molecule has 0 spiro atoms. The van der Waals surface area contributed by atoms with E-state index in [4.69, 9.17) is 4.74 Å². The van der Waals surface area contributed by atoms with E-state index in [0.29, 0.717) is 11.8 Å². The van der Waals surface area contributed by atoms with Gasteiger partial charge in [0.2, 0.25) is 5.88 Å². The van der Waals surface area contributed by atoms with Gasteiger partial charge in [-0.2, -0.15) is 0 Å². The van der Waals surface area contributed by atoms with Crippen LogP contribution in [0.5, 0.6) is 5.88 Å². The summed E-state index contributed by atoms with van der Waals surface area (Å²) < 4.78 is 5.03. The third-order valence-corrected chi connectivity index (χ3v) is 3.14. The first kappa shape index (κ1) is 18.8. The van der Waals surface area contributed by atoms with Gasteiger partial charge in [-0.1, -0.05) is 27.7 Å². The molecule has 0 aliphatic heterocycles. The van der Waals surface area contributed by atoms with Gasteiger partial charge in [-0.25, -0.2) is 4.98 Å². The van der Waals surface area contributed by atoms with Gasteiger partial charge in [0, 0.05) is 36.1 Å². The fourth-order valence-electron chi connectivity index (χ4n) is 2.01. The van der Waals surface area contributed by atoms with Crippen LogP contribution in [0.1, 0.15) is 43.6 Å². The molecule has 0 aliphatic rings. The maximum absolute atomic E-state index is 11.3. The lowest BCUT2D eigenvalue weighted by Gasteiger charge is -2.05. The molecule has 0 saturated carbocycles. The first-order valence-corrected chi connectivity index (χ1v) is 7.87. The minimum absolute atomic E-state index is 0.0670. The quantitative estimate of drug-likeness (QED) is 0.776. The van der Waals surface area contributed by atoms with Crippen LogP contribution < -0.4 is 4.74 Å². The van der Waals surface area contributed by atoms with Crippen molar-refractivity contribution in [3.63, 3.8) is 0 Å². The monoisotopic (exact) mass is 314 g/mol. The zero-order chi connectivity index (χ0) is 17.2. The van der Waals surface area contributed by atoms with Gasteiger partial charge < -0.3 is 4.74 Å². The number of pyridine rings is 2. The first-order chi connectivity index (χ1) is 10.9. The number of hydrogen-bond donors (Lipinski definition) is 0. The summed E-state index contributed by atoms with van der Waals surface area (Å²) >= 11 is 0. The molecule has 0 bridgehead atoms. The third-order valence-electron chi connectivity index (χ3n) is 3.14. The molecule has 2 aromatic heterocycles. The van der Waals surface area contributed by atoms with Crippen molar-refractivity contribution < 1.29 is 9.53 Å². The molecule has 2 heterocycles. The lowest BCUT2D eigenvalue weighted by molar-refractivity contribution is 0.0939. The Bertz CT molecular complexity index is 595. The van der Waals surface area contributed by atoms with E-state index in [1.165, 1.54) is 5.56 Å². The summed E-state index contributed by atoms with van der Waals surface area (Å²) in [6, 6.07) is 7.49. The molecule has 124 valence electrons. The summed E-state index contributed by atoms with van der Waals surface area (Å²) in [5.41, 5.74) is 2.03. The second-order valence-electron chi connectivity index (χ2n) is 6.06. The van der Waals surface area contributed by atoms with Gasteiger partial charge in [0.05, 0.1) is 7.11 Å². The van der Waals surface area contributed by atoms with Gasteiger partial charge in [-0.3, -0.25) is 9.78 Å². The average Bonchev–Trinajstić information content (AvgIpc) is 2.55. The van der Waals surface area contributed by atoms with E-state index >= 15 is 0 Å². The highest BCUT2D eigenvalue weighted by Crippen LogP contribution is 2.12. The largest absolute Gasteiger partial charge is 0.481 e. The maximum Gasteiger partial charge on any atom is 0.213 e. The average molecular weight is 314 g/mol. The summed E-state index contributed by atoms with van der Waals surface area (Å²) in [5.74, 6) is 1.62. The molecule has 23 heavy (non-hydrogen) atoms. The lowest BCUT2D eigenvalue weighted by atomic mass is 10.0. The van der Waals surface area contributed by atoms with Crippen LogP contribution in [0, 0.1) is 11.8 Å². The van der Waals surface area contributed by atoms with Crippen LogP contribution in [0.25, 0.3) is 0 Å². The standard InChI is InChI=1S/C10H15NO.C9H11NO/c1-8(2)6-9-4-5-11-10(7-9)12-3;1-7(2)9(11)8-3-5-10-6-4-8/h4-5,7-8H,6H2,1-3H3;3-7H,1-2H3. The molecule has 0 saturated heterocycles. The van der Waals surface area contributed by atoms with Gasteiger partial charge in [0.15, 0.2) is 5.78 Å². The van der Waals surface area contributed by atoms with E-state index in [1.807, 2.05) is 26.0 Å². The first-order valence-electron chi connectivity index (χ1n) is 7.87. The number of nitrogens with zero attached hydrogens (tertiary/aromatic N) is 2. The fourth-order valence-corrected chi connectivity index (χ4v) is 2.01. The minimum Gasteiger partial charge on any atom is -0.481 e. The zero-order valence-corrected chi connectivity index (χ0v) is 14.6. The summed E-state index contributed by atoms with van der Waals surface area (Å²) in [6.07, 6.45) is 6.14. The number of ether oxygens (including phenoxy) is 1. The Hall–Kier alpha value is -2.23. The number of carbonyl (C=O) groups is 1. The highest BCUT2D eigenvalue weighted by Gasteiger charge is 2.08. The molecular weight excluding hydrogens is 288 g/mol. The fraction of sp³-hybridized carbons (Fsp3) is 0.421. The Morgan fingerprint density at radius 3 is 2.26 bits per heavy atom. The molecule has 0 aliphatic carbocycles. The number of hydrogen-bond acceptors (Lipinski definition) is 4. The topological polar surface area (TPSA) is 52.1 Å². The highest BCUT2D eigenvalue weighted by molar-refractivity contribution is 5.97. The van der Waals surface area contributed by atoms with E-state index in [-0.39, 0.29) is 11.7 Å². The molecule has 4 nitrogen and oxygen atoms in total. The number of ketones is 1. The maximum atomic E-state index is 11.3. The number of carbonyl (C=O) groups excluding carboxylic acids is 1. The van der Waals surface area contributed by atoms with E-state index in [1.54, 1.807) is 37.8 Å². The smallest absolute Gasteiger partial charge is 0.213 e. The molecule has 4 heteroatoms. The van der Waals surface area contributed by atoms with Crippen LogP contribution in [-0.4, -0.2) is 22.9 Å². The molecule has 0 atom stereocenters. The van der Waals surface area contributed by atoms with Crippen molar-refractivity contribution in [3.8, 4) is 5.88 Å². The summed E-state index contributed by atoms with van der Waals surface area (Å²) in [5, 5.41) is 0. The predicted octanol–water partition coefficient (Wildman–Crippen LogP) is 4.21. The van der Waals surface area contributed by atoms with Crippen molar-refractivity contribution in [2.45, 2.75) is 34.1 Å². The van der Waals surface area contributed by atoms with Gasteiger partial charge in [0.1, 0.15) is 0 Å². The summed E-state index contributed by atoms with van der Waals surface area (Å²) in [4.78, 5) is 19.2. The SMILES string of the molecule is CC(C)C(=O)c1ccncc1.COc1cc(CC(C)C)ccn1. The molecule has 0 fully saturated rings. The van der Waals surface area contributed by atoms with Gasteiger partial charge >= 0.3 is 0 Å². The molecule has 0 aromatic carbocycles. The Labute approximate surface area is 138 Å². The van der Waals surface area contributed by atoms with Crippen LogP contribution in [0.15, 0.2) is 42.9 Å².